The summed E-state index contributed by atoms with van der Waals surface area (Å²) in [5.74, 6) is -0.166. The molecule has 24 heavy (non-hydrogen) atoms. The van der Waals surface area contributed by atoms with Crippen LogP contribution in [0.5, 0.6) is 0 Å². The molecule has 1 saturated heterocycles. The fraction of sp³-hybridized carbons (Fsp3) is 0.444. The van der Waals surface area contributed by atoms with Gasteiger partial charge >= 0.3 is 4.87 Å². The van der Waals surface area contributed by atoms with Gasteiger partial charge in [-0.25, -0.2) is 0 Å². The van der Waals surface area contributed by atoms with Gasteiger partial charge in [0, 0.05) is 24.2 Å². The first-order chi connectivity index (χ1) is 11.6. The van der Waals surface area contributed by atoms with Crippen LogP contribution in [-0.4, -0.2) is 23.6 Å². The van der Waals surface area contributed by atoms with Gasteiger partial charge in [0.1, 0.15) is 6.54 Å². The highest BCUT2D eigenvalue weighted by Gasteiger charge is 2.15. The average Bonchev–Trinajstić information content (AvgIpc) is 2.80. The van der Waals surface area contributed by atoms with Crippen molar-refractivity contribution >= 4 is 28.6 Å². The van der Waals surface area contributed by atoms with Gasteiger partial charge in [-0.1, -0.05) is 36.3 Å². The Labute approximate surface area is 145 Å². The highest BCUT2D eigenvalue weighted by atomic mass is 32.1. The van der Waals surface area contributed by atoms with Crippen molar-refractivity contribution < 1.29 is 4.79 Å². The lowest BCUT2D eigenvalue weighted by atomic mass is 10.2. The quantitative estimate of drug-likeness (QED) is 0.925. The Morgan fingerprint density at radius 3 is 2.54 bits per heavy atom. The van der Waals surface area contributed by atoms with Gasteiger partial charge in [-0.3, -0.25) is 14.2 Å². The molecular weight excluding hydrogens is 322 g/mol. The molecule has 1 N–H and O–H groups in total. The molecule has 1 aliphatic heterocycles. The number of amides is 1. The van der Waals surface area contributed by atoms with E-state index >= 15 is 0 Å². The van der Waals surface area contributed by atoms with Crippen molar-refractivity contribution in [3.8, 4) is 0 Å². The molecule has 1 fully saturated rings. The second-order valence-corrected chi connectivity index (χ2v) is 7.02. The van der Waals surface area contributed by atoms with E-state index in [0.29, 0.717) is 0 Å². The van der Waals surface area contributed by atoms with E-state index in [1.807, 2.05) is 25.1 Å². The fourth-order valence-electron chi connectivity index (χ4n) is 3.10. The number of nitrogens with one attached hydrogen (secondary N) is 1. The number of thiazole rings is 1. The lowest BCUT2D eigenvalue weighted by Gasteiger charge is -2.25. The van der Waals surface area contributed by atoms with E-state index in [-0.39, 0.29) is 17.3 Å². The van der Waals surface area contributed by atoms with Crippen LogP contribution in [0.15, 0.2) is 34.4 Å². The summed E-state index contributed by atoms with van der Waals surface area (Å²) in [6.07, 6.45) is 4.91. The Bertz CT molecular complexity index is 758. The van der Waals surface area contributed by atoms with Crippen LogP contribution in [0.1, 0.15) is 31.4 Å². The van der Waals surface area contributed by atoms with E-state index in [2.05, 4.69) is 16.3 Å². The number of hydrogen-bond acceptors (Lipinski definition) is 4. The zero-order chi connectivity index (χ0) is 16.9. The number of carbonyl (C=O) groups is 1. The van der Waals surface area contributed by atoms with E-state index in [4.69, 9.17) is 0 Å². The standard InChI is InChI=1S/C18H23N3O2S/c1-14-13-24-18(23)21(14)12-17(22)19-15-8-4-5-9-16(15)20-10-6-2-3-7-11-20/h4-5,8-9,13H,2-3,6-7,10-12H2,1H3,(H,19,22). The van der Waals surface area contributed by atoms with Crippen LogP contribution in [0.2, 0.25) is 0 Å². The molecule has 128 valence electrons. The number of aryl methyl sites for hydroxylation is 1. The molecule has 0 atom stereocenters. The van der Waals surface area contributed by atoms with Crippen LogP contribution < -0.4 is 15.1 Å². The summed E-state index contributed by atoms with van der Waals surface area (Å²) in [6, 6.07) is 7.92. The first-order valence-corrected chi connectivity index (χ1v) is 9.32. The summed E-state index contributed by atoms with van der Waals surface area (Å²) in [5.41, 5.74) is 2.72. The zero-order valence-electron chi connectivity index (χ0n) is 14.0. The second kappa shape index (κ2) is 7.66. The monoisotopic (exact) mass is 345 g/mol. The molecule has 0 bridgehead atoms. The molecule has 1 amide bonds. The van der Waals surface area contributed by atoms with Crippen LogP contribution in [0, 0.1) is 6.92 Å². The Hall–Kier alpha value is -2.08. The maximum Gasteiger partial charge on any atom is 0.307 e. The molecule has 5 nitrogen and oxygen atoms in total. The summed E-state index contributed by atoms with van der Waals surface area (Å²) in [4.78, 5) is 26.4. The summed E-state index contributed by atoms with van der Waals surface area (Å²) in [6.45, 7) is 3.95. The van der Waals surface area contributed by atoms with E-state index in [9.17, 15) is 9.59 Å². The van der Waals surface area contributed by atoms with Gasteiger partial charge in [0.25, 0.3) is 0 Å². The topological polar surface area (TPSA) is 54.3 Å². The Balaban J connectivity index is 1.75. The Morgan fingerprint density at radius 1 is 1.17 bits per heavy atom. The van der Waals surface area contributed by atoms with Gasteiger partial charge in [0.15, 0.2) is 0 Å². The minimum absolute atomic E-state index is 0.0580. The lowest BCUT2D eigenvalue weighted by Crippen LogP contribution is -2.28. The van der Waals surface area contributed by atoms with Crippen molar-refractivity contribution in [2.45, 2.75) is 39.2 Å². The maximum atomic E-state index is 12.4. The molecule has 1 aliphatic rings. The molecule has 0 saturated carbocycles. The normalized spacial score (nSPS) is 15.1. The Morgan fingerprint density at radius 2 is 1.88 bits per heavy atom. The minimum atomic E-state index is -0.166. The SMILES string of the molecule is Cc1csc(=O)n1CC(=O)Nc1ccccc1N1CCCCCC1. The second-order valence-electron chi connectivity index (χ2n) is 6.20. The van der Waals surface area contributed by atoms with Crippen LogP contribution in [0.4, 0.5) is 11.4 Å². The summed E-state index contributed by atoms with van der Waals surface area (Å²) in [5, 5.41) is 4.76. The minimum Gasteiger partial charge on any atom is -0.370 e. The predicted molar refractivity (Wildman–Crippen MR) is 99.1 cm³/mol. The number of benzene rings is 1. The molecule has 1 aromatic carbocycles. The van der Waals surface area contributed by atoms with E-state index in [1.54, 1.807) is 5.38 Å². The van der Waals surface area contributed by atoms with Crippen molar-refractivity contribution in [3.63, 3.8) is 0 Å². The molecule has 0 spiro atoms. The van der Waals surface area contributed by atoms with Gasteiger partial charge in [-0.05, 0) is 31.9 Å². The maximum absolute atomic E-state index is 12.4. The molecular formula is C18H23N3O2S. The first-order valence-electron chi connectivity index (χ1n) is 8.44. The van der Waals surface area contributed by atoms with Crippen molar-refractivity contribution in [2.75, 3.05) is 23.3 Å². The number of anilines is 2. The van der Waals surface area contributed by atoms with Crippen LogP contribution >= 0.6 is 11.3 Å². The molecule has 0 radical (unpaired) electrons. The zero-order valence-corrected chi connectivity index (χ0v) is 14.8. The Kier molecular flexibility index (Phi) is 5.35. The third-order valence-electron chi connectivity index (χ3n) is 4.40. The van der Waals surface area contributed by atoms with Crippen molar-refractivity contribution in [1.29, 1.82) is 0 Å². The summed E-state index contributed by atoms with van der Waals surface area (Å²) in [7, 11) is 0. The molecule has 2 aromatic rings. The number of carbonyl (C=O) groups excluding carboxylic acids is 1. The first kappa shape index (κ1) is 16.8. The predicted octanol–water partition coefficient (Wildman–Crippen LogP) is 3.24. The third-order valence-corrected chi connectivity index (χ3v) is 5.28. The van der Waals surface area contributed by atoms with Crippen LogP contribution in [0.25, 0.3) is 0 Å². The molecule has 0 unspecified atom stereocenters. The van der Waals surface area contributed by atoms with Crippen LogP contribution in [0.3, 0.4) is 0 Å². The third kappa shape index (κ3) is 3.87. The molecule has 2 heterocycles. The molecule has 3 rings (SSSR count). The van der Waals surface area contributed by atoms with Crippen LogP contribution in [-0.2, 0) is 11.3 Å². The largest absolute Gasteiger partial charge is 0.370 e. The number of aromatic nitrogens is 1. The van der Waals surface area contributed by atoms with Gasteiger partial charge in [0.05, 0.1) is 11.4 Å². The average molecular weight is 345 g/mol. The smallest absolute Gasteiger partial charge is 0.307 e. The number of rotatable bonds is 4. The van der Waals surface area contributed by atoms with E-state index in [0.717, 1.165) is 41.5 Å². The van der Waals surface area contributed by atoms with Crippen molar-refractivity contribution in [2.24, 2.45) is 0 Å². The fourth-order valence-corrected chi connectivity index (χ4v) is 3.83. The lowest BCUT2D eigenvalue weighted by molar-refractivity contribution is -0.116. The highest BCUT2D eigenvalue weighted by molar-refractivity contribution is 7.07. The van der Waals surface area contributed by atoms with Gasteiger partial charge in [-0.2, -0.15) is 0 Å². The van der Waals surface area contributed by atoms with Crippen molar-refractivity contribution in [1.82, 2.24) is 4.57 Å². The molecule has 6 heteroatoms. The number of para-hydroxylation sites is 2. The summed E-state index contributed by atoms with van der Waals surface area (Å²) < 4.78 is 1.51. The number of nitrogens with zero attached hydrogens (tertiary/aromatic N) is 2. The highest BCUT2D eigenvalue weighted by Crippen LogP contribution is 2.27. The number of hydrogen-bond donors (Lipinski definition) is 1. The van der Waals surface area contributed by atoms with E-state index < -0.39 is 0 Å². The summed E-state index contributed by atoms with van der Waals surface area (Å²) >= 11 is 1.13. The molecule has 1 aromatic heterocycles. The van der Waals surface area contributed by atoms with Gasteiger partial charge in [-0.15, -0.1) is 0 Å². The van der Waals surface area contributed by atoms with Gasteiger partial charge in [0.2, 0.25) is 5.91 Å². The van der Waals surface area contributed by atoms with E-state index in [1.165, 1.54) is 30.3 Å². The van der Waals surface area contributed by atoms with Gasteiger partial charge < -0.3 is 10.2 Å². The van der Waals surface area contributed by atoms with Crippen molar-refractivity contribution in [3.05, 3.63) is 45.0 Å². The molecule has 0 aliphatic carbocycles.